The molecule has 0 fully saturated rings. The lowest BCUT2D eigenvalue weighted by molar-refractivity contribution is 0.102. The molecule has 0 bridgehead atoms. The highest BCUT2D eigenvalue weighted by molar-refractivity contribution is 7.89. The van der Waals surface area contributed by atoms with Gasteiger partial charge in [-0.05, 0) is 54.7 Å². The van der Waals surface area contributed by atoms with Gasteiger partial charge in [-0.25, -0.2) is 8.42 Å². The Labute approximate surface area is 155 Å². The van der Waals surface area contributed by atoms with Crippen molar-refractivity contribution in [3.63, 3.8) is 0 Å². The fourth-order valence-corrected chi connectivity index (χ4v) is 4.74. The highest BCUT2D eigenvalue weighted by atomic mass is 32.2. The number of rotatable bonds is 5. The minimum Gasteiger partial charge on any atom is -0.322 e. The maximum absolute atomic E-state index is 12.5. The Balaban J connectivity index is 1.79. The number of hydrogen-bond donors (Lipinski definition) is 1. The zero-order chi connectivity index (χ0) is 18.7. The summed E-state index contributed by atoms with van der Waals surface area (Å²) in [6.45, 7) is 4.66. The van der Waals surface area contributed by atoms with E-state index in [1.807, 2.05) is 50.2 Å². The van der Waals surface area contributed by atoms with Crippen molar-refractivity contribution >= 4 is 21.6 Å². The molecule has 1 N–H and O–H groups in total. The third-order valence-corrected chi connectivity index (χ3v) is 6.71. The summed E-state index contributed by atoms with van der Waals surface area (Å²) in [5.74, 6) is 0.0146. The van der Waals surface area contributed by atoms with Gasteiger partial charge in [-0.2, -0.15) is 4.31 Å². The van der Waals surface area contributed by atoms with E-state index in [0.717, 1.165) is 16.7 Å². The summed E-state index contributed by atoms with van der Waals surface area (Å²) in [4.78, 5) is 12.5. The van der Waals surface area contributed by atoms with Gasteiger partial charge >= 0.3 is 0 Å². The number of nitrogens with one attached hydrogen (secondary N) is 1. The molecule has 1 aliphatic heterocycles. The fraction of sp³-hybridized carbons (Fsp3) is 0.350. The standard InChI is InChI=1S/C20H24N2O3S/c1-3-12-26(24,25)22-11-10-16-8-9-18(13-17(16)14-22)21-20(23)19-7-5-4-6-15(19)2/h4-9,13H,3,10-12,14H2,1-2H3,(H,21,23). The van der Waals surface area contributed by atoms with Gasteiger partial charge in [0, 0.05) is 24.3 Å². The van der Waals surface area contributed by atoms with Crippen LogP contribution in [0.3, 0.4) is 0 Å². The van der Waals surface area contributed by atoms with Gasteiger partial charge in [0.1, 0.15) is 0 Å². The van der Waals surface area contributed by atoms with E-state index in [-0.39, 0.29) is 11.7 Å². The molecular weight excluding hydrogens is 348 g/mol. The van der Waals surface area contributed by atoms with Gasteiger partial charge in [0.05, 0.1) is 5.75 Å². The Kier molecular flexibility index (Phi) is 5.44. The number of carbonyl (C=O) groups is 1. The molecule has 0 atom stereocenters. The number of benzene rings is 2. The van der Waals surface area contributed by atoms with E-state index in [1.165, 1.54) is 0 Å². The minimum atomic E-state index is -3.21. The van der Waals surface area contributed by atoms with Crippen LogP contribution in [0, 0.1) is 6.92 Å². The summed E-state index contributed by atoms with van der Waals surface area (Å²) in [7, 11) is -3.21. The second-order valence-corrected chi connectivity index (χ2v) is 8.74. The van der Waals surface area contributed by atoms with E-state index in [9.17, 15) is 13.2 Å². The summed E-state index contributed by atoms with van der Waals surface area (Å²) >= 11 is 0. The minimum absolute atomic E-state index is 0.158. The van der Waals surface area contributed by atoms with Crippen molar-refractivity contribution < 1.29 is 13.2 Å². The highest BCUT2D eigenvalue weighted by Crippen LogP contribution is 2.25. The van der Waals surface area contributed by atoms with Crippen LogP contribution in [-0.4, -0.2) is 30.9 Å². The van der Waals surface area contributed by atoms with Crippen LogP contribution in [0.4, 0.5) is 5.69 Å². The maximum atomic E-state index is 12.5. The molecule has 0 spiro atoms. The number of sulfonamides is 1. The van der Waals surface area contributed by atoms with Crippen LogP contribution < -0.4 is 5.32 Å². The molecule has 26 heavy (non-hydrogen) atoms. The molecule has 2 aromatic carbocycles. The molecule has 138 valence electrons. The van der Waals surface area contributed by atoms with Crippen LogP contribution in [0.2, 0.25) is 0 Å². The number of carbonyl (C=O) groups excluding carboxylic acids is 1. The number of amides is 1. The normalized spacial score (nSPS) is 14.7. The average molecular weight is 372 g/mol. The molecule has 0 radical (unpaired) electrons. The van der Waals surface area contributed by atoms with Gasteiger partial charge in [-0.3, -0.25) is 4.79 Å². The summed E-state index contributed by atoms with van der Waals surface area (Å²) in [6.07, 6.45) is 1.31. The first-order chi connectivity index (χ1) is 12.4. The number of aryl methyl sites for hydroxylation is 1. The van der Waals surface area contributed by atoms with Gasteiger partial charge < -0.3 is 5.32 Å². The van der Waals surface area contributed by atoms with Crippen LogP contribution in [0.15, 0.2) is 42.5 Å². The van der Waals surface area contributed by atoms with Gasteiger partial charge in [0.15, 0.2) is 0 Å². The van der Waals surface area contributed by atoms with Gasteiger partial charge in [-0.1, -0.05) is 31.2 Å². The molecule has 3 rings (SSSR count). The Morgan fingerprint density at radius 1 is 1.15 bits per heavy atom. The van der Waals surface area contributed by atoms with Crippen LogP contribution >= 0.6 is 0 Å². The Bertz CT molecular complexity index is 922. The Morgan fingerprint density at radius 2 is 1.92 bits per heavy atom. The number of fused-ring (bicyclic) bond motifs is 1. The topological polar surface area (TPSA) is 66.5 Å². The third kappa shape index (κ3) is 3.97. The van der Waals surface area contributed by atoms with Crippen molar-refractivity contribution in [2.24, 2.45) is 0 Å². The Morgan fingerprint density at radius 3 is 2.65 bits per heavy atom. The van der Waals surface area contributed by atoms with E-state index in [1.54, 1.807) is 10.4 Å². The number of nitrogens with zero attached hydrogens (tertiary/aromatic N) is 1. The van der Waals surface area contributed by atoms with Crippen LogP contribution in [0.5, 0.6) is 0 Å². The quantitative estimate of drug-likeness (QED) is 0.875. The van der Waals surface area contributed by atoms with E-state index >= 15 is 0 Å². The van der Waals surface area contributed by atoms with Crippen molar-refractivity contribution in [3.05, 3.63) is 64.7 Å². The predicted molar refractivity (Wildman–Crippen MR) is 104 cm³/mol. The second kappa shape index (κ2) is 7.60. The summed E-state index contributed by atoms with van der Waals surface area (Å²) in [5.41, 5.74) is 4.34. The van der Waals surface area contributed by atoms with E-state index in [2.05, 4.69) is 5.32 Å². The molecule has 0 aliphatic carbocycles. The molecule has 1 heterocycles. The third-order valence-electron chi connectivity index (χ3n) is 4.69. The van der Waals surface area contributed by atoms with Crippen molar-refractivity contribution in [1.82, 2.24) is 4.31 Å². The predicted octanol–water partition coefficient (Wildman–Crippen LogP) is 3.35. The first kappa shape index (κ1) is 18.6. The van der Waals surface area contributed by atoms with Crippen LogP contribution in [0.25, 0.3) is 0 Å². The molecular formula is C20H24N2O3S. The lowest BCUT2D eigenvalue weighted by atomic mass is 10.0. The van der Waals surface area contributed by atoms with Crippen molar-refractivity contribution in [1.29, 1.82) is 0 Å². The summed E-state index contributed by atoms with van der Waals surface area (Å²) in [6, 6.07) is 13.2. The van der Waals surface area contributed by atoms with Gasteiger partial charge in [0.2, 0.25) is 10.0 Å². The first-order valence-corrected chi connectivity index (χ1v) is 10.5. The van der Waals surface area contributed by atoms with E-state index in [0.29, 0.717) is 37.2 Å². The summed E-state index contributed by atoms with van der Waals surface area (Å²) < 4.78 is 26.2. The van der Waals surface area contributed by atoms with Crippen LogP contribution in [-0.2, 0) is 23.0 Å². The molecule has 5 nitrogen and oxygen atoms in total. The lowest BCUT2D eigenvalue weighted by Gasteiger charge is -2.28. The smallest absolute Gasteiger partial charge is 0.255 e. The average Bonchev–Trinajstić information content (AvgIpc) is 2.61. The molecule has 2 aromatic rings. The van der Waals surface area contributed by atoms with Gasteiger partial charge in [-0.15, -0.1) is 0 Å². The largest absolute Gasteiger partial charge is 0.322 e. The molecule has 0 saturated heterocycles. The molecule has 0 aromatic heterocycles. The highest BCUT2D eigenvalue weighted by Gasteiger charge is 2.26. The first-order valence-electron chi connectivity index (χ1n) is 8.87. The number of anilines is 1. The Hall–Kier alpha value is -2.18. The fourth-order valence-electron chi connectivity index (χ4n) is 3.26. The SMILES string of the molecule is CCCS(=O)(=O)N1CCc2ccc(NC(=O)c3ccccc3C)cc2C1. The zero-order valence-corrected chi connectivity index (χ0v) is 16.0. The maximum Gasteiger partial charge on any atom is 0.255 e. The molecule has 0 saturated carbocycles. The molecule has 1 aliphatic rings. The second-order valence-electron chi connectivity index (χ2n) is 6.65. The van der Waals surface area contributed by atoms with Crippen molar-refractivity contribution in [2.75, 3.05) is 17.6 Å². The van der Waals surface area contributed by atoms with Crippen molar-refractivity contribution in [2.45, 2.75) is 33.2 Å². The summed E-state index contributed by atoms with van der Waals surface area (Å²) in [5, 5.41) is 2.92. The molecule has 1 amide bonds. The monoisotopic (exact) mass is 372 g/mol. The van der Waals surface area contributed by atoms with Gasteiger partial charge in [0.25, 0.3) is 5.91 Å². The zero-order valence-electron chi connectivity index (χ0n) is 15.2. The molecule has 6 heteroatoms. The van der Waals surface area contributed by atoms with E-state index in [4.69, 9.17) is 0 Å². The lowest BCUT2D eigenvalue weighted by Crippen LogP contribution is -2.37. The number of hydrogen-bond acceptors (Lipinski definition) is 3. The van der Waals surface area contributed by atoms with Crippen molar-refractivity contribution in [3.8, 4) is 0 Å². The molecule has 0 unspecified atom stereocenters. The van der Waals surface area contributed by atoms with Crippen LogP contribution in [0.1, 0.15) is 40.4 Å². The van der Waals surface area contributed by atoms with E-state index < -0.39 is 10.0 Å².